The fourth-order valence-electron chi connectivity index (χ4n) is 3.47. The number of carbonyl (C=O) groups excluding carboxylic acids is 2. The van der Waals surface area contributed by atoms with Gasteiger partial charge in [0.2, 0.25) is 5.91 Å². The first-order valence-corrected chi connectivity index (χ1v) is 11.2. The van der Waals surface area contributed by atoms with E-state index in [1.165, 1.54) is 11.3 Å². The Kier molecular flexibility index (Phi) is 7.89. The maximum atomic E-state index is 12.8. The summed E-state index contributed by atoms with van der Waals surface area (Å²) in [4.78, 5) is 26.5. The summed E-state index contributed by atoms with van der Waals surface area (Å²) in [7, 11) is 3.16. The number of thiophene rings is 1. The zero-order valence-electron chi connectivity index (χ0n) is 18.7. The van der Waals surface area contributed by atoms with Gasteiger partial charge in [-0.1, -0.05) is 36.4 Å². The van der Waals surface area contributed by atoms with Gasteiger partial charge < -0.3 is 19.5 Å². The van der Waals surface area contributed by atoms with Gasteiger partial charge in [-0.3, -0.25) is 4.79 Å². The number of methoxy groups -OCH3 is 2. The first-order chi connectivity index (χ1) is 15.5. The van der Waals surface area contributed by atoms with Crippen molar-refractivity contribution in [1.82, 2.24) is 0 Å². The lowest BCUT2D eigenvalue weighted by molar-refractivity contribution is -0.116. The number of amides is 1. The molecule has 2 aromatic carbocycles. The van der Waals surface area contributed by atoms with Crippen molar-refractivity contribution >= 4 is 28.2 Å². The van der Waals surface area contributed by atoms with E-state index in [2.05, 4.69) is 5.32 Å². The molecule has 0 aliphatic carbocycles. The number of hydrogen-bond acceptors (Lipinski definition) is 6. The average molecular weight is 454 g/mol. The van der Waals surface area contributed by atoms with Crippen molar-refractivity contribution in [1.29, 1.82) is 0 Å². The number of rotatable bonds is 9. The van der Waals surface area contributed by atoms with Crippen LogP contribution >= 0.6 is 11.3 Å². The summed E-state index contributed by atoms with van der Waals surface area (Å²) in [5.41, 5.74) is 3.06. The second-order valence-corrected chi connectivity index (χ2v) is 8.29. The van der Waals surface area contributed by atoms with Gasteiger partial charge in [0.25, 0.3) is 0 Å². The van der Waals surface area contributed by atoms with E-state index in [1.807, 2.05) is 55.5 Å². The van der Waals surface area contributed by atoms with Crippen molar-refractivity contribution < 1.29 is 23.8 Å². The third-order valence-corrected chi connectivity index (χ3v) is 5.99. The maximum Gasteiger partial charge on any atom is 0.341 e. The van der Waals surface area contributed by atoms with E-state index >= 15 is 0 Å². The Morgan fingerprint density at radius 1 is 1.00 bits per heavy atom. The van der Waals surface area contributed by atoms with Crippen LogP contribution in [0.3, 0.4) is 0 Å². The molecule has 1 N–H and O–H groups in total. The third kappa shape index (κ3) is 5.29. The molecule has 0 aliphatic heterocycles. The Bertz CT molecular complexity index is 1090. The van der Waals surface area contributed by atoms with Crippen molar-refractivity contribution in [3.63, 3.8) is 0 Å². The van der Waals surface area contributed by atoms with E-state index in [9.17, 15) is 9.59 Å². The van der Waals surface area contributed by atoms with Gasteiger partial charge in [0.1, 0.15) is 10.6 Å². The number of ether oxygens (including phenoxy) is 3. The lowest BCUT2D eigenvalue weighted by Gasteiger charge is -2.10. The summed E-state index contributed by atoms with van der Waals surface area (Å²) < 4.78 is 15.9. The molecule has 0 atom stereocenters. The molecule has 3 aromatic rings. The molecule has 6 nitrogen and oxygen atoms in total. The predicted octanol–water partition coefficient (Wildman–Crippen LogP) is 5.49. The van der Waals surface area contributed by atoms with Crippen molar-refractivity contribution in [2.45, 2.75) is 26.7 Å². The molecule has 0 spiro atoms. The van der Waals surface area contributed by atoms with Crippen molar-refractivity contribution in [2.24, 2.45) is 0 Å². The van der Waals surface area contributed by atoms with E-state index in [4.69, 9.17) is 14.2 Å². The number of carbonyl (C=O) groups is 2. The number of anilines is 1. The summed E-state index contributed by atoms with van der Waals surface area (Å²) in [5, 5.41) is 3.44. The molecule has 0 fully saturated rings. The number of esters is 1. The summed E-state index contributed by atoms with van der Waals surface area (Å²) in [5.74, 6) is 0.649. The number of benzene rings is 2. The molecule has 0 saturated carbocycles. The maximum absolute atomic E-state index is 12.8. The van der Waals surface area contributed by atoms with Crippen LogP contribution in [0.25, 0.3) is 11.1 Å². The Morgan fingerprint density at radius 3 is 2.38 bits per heavy atom. The Hall–Kier alpha value is -3.32. The molecular formula is C25H27NO5S. The average Bonchev–Trinajstić information content (AvgIpc) is 3.13. The number of nitrogens with one attached hydrogen (secondary N) is 1. The third-order valence-electron chi connectivity index (χ3n) is 4.97. The molecule has 1 aromatic heterocycles. The quantitative estimate of drug-likeness (QED) is 0.434. The fraction of sp³-hybridized carbons (Fsp3) is 0.280. The van der Waals surface area contributed by atoms with Crippen LogP contribution in [0, 0.1) is 6.92 Å². The van der Waals surface area contributed by atoms with Crippen molar-refractivity contribution in [2.75, 3.05) is 26.1 Å². The second-order valence-electron chi connectivity index (χ2n) is 7.06. The SMILES string of the molecule is CCOC(=O)c1c(NC(=O)CCc2ccc(OC)c(OC)c2)sc(C)c1-c1ccccc1. The van der Waals surface area contributed by atoms with Crippen LogP contribution in [0.5, 0.6) is 11.5 Å². The molecule has 168 valence electrons. The Labute approximate surface area is 192 Å². The highest BCUT2D eigenvalue weighted by Crippen LogP contribution is 2.40. The predicted molar refractivity (Wildman–Crippen MR) is 127 cm³/mol. The van der Waals surface area contributed by atoms with Gasteiger partial charge in [-0.15, -0.1) is 11.3 Å². The molecule has 1 heterocycles. The zero-order valence-corrected chi connectivity index (χ0v) is 19.5. The molecule has 1 amide bonds. The van der Waals surface area contributed by atoms with Crippen LogP contribution in [0.4, 0.5) is 5.00 Å². The summed E-state index contributed by atoms with van der Waals surface area (Å²) in [6, 6.07) is 15.2. The summed E-state index contributed by atoms with van der Waals surface area (Å²) in [6.07, 6.45) is 0.784. The lowest BCUT2D eigenvalue weighted by atomic mass is 10.0. The largest absolute Gasteiger partial charge is 0.493 e. The van der Waals surface area contributed by atoms with Crippen LogP contribution < -0.4 is 14.8 Å². The molecule has 0 bridgehead atoms. The molecule has 0 aliphatic rings. The van der Waals surface area contributed by atoms with Crippen LogP contribution in [-0.4, -0.2) is 32.7 Å². The highest BCUT2D eigenvalue weighted by atomic mass is 32.1. The highest BCUT2D eigenvalue weighted by Gasteiger charge is 2.25. The topological polar surface area (TPSA) is 73.9 Å². The molecule has 32 heavy (non-hydrogen) atoms. The van der Waals surface area contributed by atoms with Crippen LogP contribution in [-0.2, 0) is 16.0 Å². The van der Waals surface area contributed by atoms with E-state index in [1.54, 1.807) is 21.1 Å². The van der Waals surface area contributed by atoms with E-state index in [0.29, 0.717) is 28.5 Å². The molecule has 0 saturated heterocycles. The van der Waals surface area contributed by atoms with Crippen molar-refractivity contribution in [3.05, 3.63) is 64.5 Å². The molecular weight excluding hydrogens is 426 g/mol. The zero-order chi connectivity index (χ0) is 23.1. The Morgan fingerprint density at radius 2 is 1.72 bits per heavy atom. The molecule has 3 rings (SSSR count). The first-order valence-electron chi connectivity index (χ1n) is 10.3. The molecule has 0 unspecified atom stereocenters. The normalized spacial score (nSPS) is 10.5. The minimum atomic E-state index is -0.439. The first kappa shape index (κ1) is 23.3. The summed E-state index contributed by atoms with van der Waals surface area (Å²) >= 11 is 1.38. The van der Waals surface area contributed by atoms with Crippen LogP contribution in [0.15, 0.2) is 48.5 Å². The van der Waals surface area contributed by atoms with Gasteiger partial charge in [0, 0.05) is 16.9 Å². The smallest absolute Gasteiger partial charge is 0.341 e. The van der Waals surface area contributed by atoms with Crippen LogP contribution in [0.2, 0.25) is 0 Å². The minimum absolute atomic E-state index is 0.175. The van der Waals surface area contributed by atoms with E-state index < -0.39 is 5.97 Å². The van der Waals surface area contributed by atoms with Gasteiger partial charge in [-0.05, 0) is 43.5 Å². The van der Waals surface area contributed by atoms with E-state index in [-0.39, 0.29) is 18.9 Å². The van der Waals surface area contributed by atoms with Gasteiger partial charge in [0.05, 0.1) is 20.8 Å². The van der Waals surface area contributed by atoms with E-state index in [0.717, 1.165) is 21.6 Å². The molecule has 0 radical (unpaired) electrons. The van der Waals surface area contributed by atoms with Crippen molar-refractivity contribution in [3.8, 4) is 22.6 Å². The number of hydrogen-bond donors (Lipinski definition) is 1. The fourth-order valence-corrected chi connectivity index (χ4v) is 4.55. The minimum Gasteiger partial charge on any atom is -0.493 e. The van der Waals surface area contributed by atoms with Gasteiger partial charge >= 0.3 is 5.97 Å². The van der Waals surface area contributed by atoms with Gasteiger partial charge in [-0.25, -0.2) is 4.79 Å². The molecule has 7 heteroatoms. The standard InChI is InChI=1S/C25H27NO5S/c1-5-31-25(28)23-22(18-9-7-6-8-10-18)16(2)32-24(23)26-21(27)14-12-17-11-13-19(29-3)20(15-17)30-4/h6-11,13,15H,5,12,14H2,1-4H3,(H,26,27). The second kappa shape index (κ2) is 10.8. The van der Waals surface area contributed by atoms with Crippen LogP contribution in [0.1, 0.15) is 34.1 Å². The van der Waals surface area contributed by atoms with Gasteiger partial charge in [-0.2, -0.15) is 0 Å². The Balaban J connectivity index is 1.81. The lowest BCUT2D eigenvalue weighted by Crippen LogP contribution is -2.15. The number of aryl methyl sites for hydroxylation is 2. The van der Waals surface area contributed by atoms with Gasteiger partial charge in [0.15, 0.2) is 11.5 Å². The highest BCUT2D eigenvalue weighted by molar-refractivity contribution is 7.17. The monoisotopic (exact) mass is 453 g/mol. The summed E-state index contributed by atoms with van der Waals surface area (Å²) in [6.45, 7) is 3.96.